The Morgan fingerprint density at radius 3 is 2.72 bits per heavy atom. The number of rotatable bonds is 3. The average Bonchev–Trinajstić information content (AvgIpc) is 3.48. The van der Waals surface area contributed by atoms with Gasteiger partial charge in [0.05, 0.1) is 23.0 Å². The zero-order chi connectivity index (χ0) is 20.0. The van der Waals surface area contributed by atoms with Crippen LogP contribution in [0.5, 0.6) is 0 Å². The number of thiazole rings is 1. The highest BCUT2D eigenvalue weighted by atomic mass is 32.1. The zero-order valence-corrected chi connectivity index (χ0v) is 18.7. The van der Waals surface area contributed by atoms with Crippen LogP contribution in [0.15, 0.2) is 51.2 Å². The lowest BCUT2D eigenvalue weighted by Gasteiger charge is -2.31. The fraction of sp³-hybridized carbons (Fsp3) is 0.318. The largest absolute Gasteiger partial charge is 0.286 e. The highest BCUT2D eigenvalue weighted by Gasteiger charge is 2.46. The first-order chi connectivity index (χ1) is 14.1. The van der Waals surface area contributed by atoms with E-state index >= 15 is 0 Å². The van der Waals surface area contributed by atoms with E-state index in [1.165, 1.54) is 26.7 Å². The Balaban J connectivity index is 1.60. The molecule has 0 bridgehead atoms. The first-order valence-electron chi connectivity index (χ1n) is 9.72. The average molecular weight is 440 g/mol. The number of nitrogens with zero attached hydrogens (tertiary/aromatic N) is 3. The number of hydrogen-bond donors (Lipinski definition) is 0. The van der Waals surface area contributed by atoms with E-state index < -0.39 is 0 Å². The van der Waals surface area contributed by atoms with Crippen LogP contribution in [0.2, 0.25) is 0 Å². The van der Waals surface area contributed by atoms with Gasteiger partial charge in [0.15, 0.2) is 0 Å². The third-order valence-corrected chi connectivity index (χ3v) is 8.29. The van der Waals surface area contributed by atoms with Crippen molar-refractivity contribution in [2.24, 2.45) is 16.9 Å². The zero-order valence-electron chi connectivity index (χ0n) is 16.2. The minimum Gasteiger partial charge on any atom is -0.266 e. The molecule has 0 unspecified atom stereocenters. The molecule has 1 aliphatic heterocycles. The number of carbonyl (C=O) groups excluding carboxylic acids is 1. The van der Waals surface area contributed by atoms with E-state index in [0.29, 0.717) is 10.8 Å². The predicted octanol–water partition coefficient (Wildman–Crippen LogP) is 6.26. The number of hydrazone groups is 1. The van der Waals surface area contributed by atoms with Crippen molar-refractivity contribution < 1.29 is 4.79 Å². The Kier molecular flexibility index (Phi) is 4.97. The number of fused-ring (bicyclic) bond motifs is 1. The van der Waals surface area contributed by atoms with Gasteiger partial charge in [0, 0.05) is 15.7 Å². The summed E-state index contributed by atoms with van der Waals surface area (Å²) >= 11 is 4.85. The Morgan fingerprint density at radius 1 is 1.21 bits per heavy atom. The molecule has 1 saturated carbocycles. The second-order valence-electron chi connectivity index (χ2n) is 7.70. The van der Waals surface area contributed by atoms with E-state index in [1.807, 2.05) is 6.92 Å². The number of hydrogen-bond acceptors (Lipinski definition) is 6. The molecule has 1 aliphatic carbocycles. The van der Waals surface area contributed by atoms with Crippen LogP contribution in [0.3, 0.4) is 0 Å². The van der Waals surface area contributed by atoms with Gasteiger partial charge in [-0.2, -0.15) is 5.10 Å². The molecule has 0 spiro atoms. The molecule has 3 atom stereocenters. The summed E-state index contributed by atoms with van der Waals surface area (Å²) in [6.07, 6.45) is 4.32. The van der Waals surface area contributed by atoms with Gasteiger partial charge < -0.3 is 0 Å². The van der Waals surface area contributed by atoms with Crippen molar-refractivity contribution in [3.63, 3.8) is 0 Å². The number of amides is 1. The highest BCUT2D eigenvalue weighted by molar-refractivity contribution is 7.12. The minimum absolute atomic E-state index is 0.0338. The van der Waals surface area contributed by atoms with E-state index in [1.54, 1.807) is 33.2 Å². The third kappa shape index (κ3) is 3.41. The summed E-state index contributed by atoms with van der Waals surface area (Å²) in [6, 6.07) is 8.38. The molecule has 0 aromatic carbocycles. The Labute approximate surface area is 182 Å². The summed E-state index contributed by atoms with van der Waals surface area (Å²) in [5.41, 5.74) is 4.88. The van der Waals surface area contributed by atoms with Crippen molar-refractivity contribution in [1.82, 2.24) is 9.99 Å². The van der Waals surface area contributed by atoms with Gasteiger partial charge >= 0.3 is 0 Å². The monoisotopic (exact) mass is 439 g/mol. The van der Waals surface area contributed by atoms with E-state index in [-0.39, 0.29) is 17.9 Å². The van der Waals surface area contributed by atoms with Crippen LogP contribution in [0.4, 0.5) is 0 Å². The third-order valence-electron chi connectivity index (χ3n) is 5.61. The summed E-state index contributed by atoms with van der Waals surface area (Å²) in [5.74, 6) is 0.766. The SMILES string of the molecule is Cc1ncsc1C(=O)N1N=C2/C(=C/c3cccs3)C[C@@H](C)C[C@@H]2[C@H]1c1cccs1. The topological polar surface area (TPSA) is 45.6 Å². The first kappa shape index (κ1) is 18.9. The molecule has 7 heteroatoms. The molecule has 0 N–H and O–H groups in total. The van der Waals surface area contributed by atoms with Crippen molar-refractivity contribution in [2.45, 2.75) is 32.7 Å². The molecule has 2 aliphatic rings. The molecule has 0 radical (unpaired) electrons. The second-order valence-corrected chi connectivity index (χ2v) is 10.5. The van der Waals surface area contributed by atoms with Gasteiger partial charge in [0.25, 0.3) is 5.91 Å². The predicted molar refractivity (Wildman–Crippen MR) is 122 cm³/mol. The lowest BCUT2D eigenvalue weighted by molar-refractivity contribution is 0.0684. The van der Waals surface area contributed by atoms with E-state index in [2.05, 4.69) is 53.0 Å². The van der Waals surface area contributed by atoms with Gasteiger partial charge in [-0.1, -0.05) is 19.1 Å². The normalized spacial score (nSPS) is 25.3. The molecular weight excluding hydrogens is 418 g/mol. The van der Waals surface area contributed by atoms with Crippen molar-refractivity contribution in [1.29, 1.82) is 0 Å². The number of carbonyl (C=O) groups is 1. The summed E-state index contributed by atoms with van der Waals surface area (Å²) in [5, 5.41) is 10.9. The van der Waals surface area contributed by atoms with Gasteiger partial charge in [0.1, 0.15) is 4.88 Å². The summed E-state index contributed by atoms with van der Waals surface area (Å²) in [7, 11) is 0. The van der Waals surface area contributed by atoms with Gasteiger partial charge in [-0.3, -0.25) is 4.79 Å². The molecule has 1 fully saturated rings. The summed E-state index contributed by atoms with van der Waals surface area (Å²) in [4.78, 5) is 20.9. The van der Waals surface area contributed by atoms with E-state index in [9.17, 15) is 4.79 Å². The molecule has 0 saturated heterocycles. The second kappa shape index (κ2) is 7.63. The van der Waals surface area contributed by atoms with Crippen molar-refractivity contribution in [3.8, 4) is 0 Å². The number of aryl methyl sites for hydroxylation is 1. The summed E-state index contributed by atoms with van der Waals surface area (Å²) < 4.78 is 0. The van der Waals surface area contributed by atoms with Gasteiger partial charge in [-0.15, -0.1) is 34.0 Å². The van der Waals surface area contributed by atoms with Crippen molar-refractivity contribution in [3.05, 3.63) is 66.4 Å². The number of aromatic nitrogens is 1. The van der Waals surface area contributed by atoms with Crippen LogP contribution >= 0.6 is 34.0 Å². The standard InChI is InChI=1S/C22H21N3OS3/c1-13-9-15(11-16-5-3-7-27-16)19-17(10-13)20(18-6-4-8-28-18)25(24-19)22(26)21-14(2)23-12-29-21/h3-8,11-13,17,20H,9-10H2,1-2H3/b15-11+/t13-,17+,20+/m1/s1. The molecule has 3 aromatic heterocycles. The molecule has 1 amide bonds. The maximum absolute atomic E-state index is 13.5. The number of thiophene rings is 2. The molecule has 4 heterocycles. The van der Waals surface area contributed by atoms with Crippen molar-refractivity contribution >= 4 is 51.7 Å². The van der Waals surface area contributed by atoms with Gasteiger partial charge in [-0.05, 0) is 60.2 Å². The lowest BCUT2D eigenvalue weighted by atomic mass is 9.74. The molecule has 148 valence electrons. The Hall–Kier alpha value is -2.09. The van der Waals surface area contributed by atoms with Gasteiger partial charge in [0.2, 0.25) is 0 Å². The van der Waals surface area contributed by atoms with Gasteiger partial charge in [-0.25, -0.2) is 9.99 Å². The van der Waals surface area contributed by atoms with Crippen LogP contribution in [-0.2, 0) is 0 Å². The van der Waals surface area contributed by atoms with Crippen LogP contribution in [0.25, 0.3) is 6.08 Å². The summed E-state index contributed by atoms with van der Waals surface area (Å²) in [6.45, 7) is 4.20. The number of allylic oxidation sites excluding steroid dienone is 1. The molecular formula is C22H21N3OS3. The molecule has 4 nitrogen and oxygen atoms in total. The lowest BCUT2D eigenvalue weighted by Crippen LogP contribution is -2.32. The van der Waals surface area contributed by atoms with Crippen LogP contribution in [0, 0.1) is 18.8 Å². The highest BCUT2D eigenvalue weighted by Crippen LogP contribution is 2.47. The maximum atomic E-state index is 13.5. The Morgan fingerprint density at radius 2 is 2.03 bits per heavy atom. The first-order valence-corrected chi connectivity index (χ1v) is 12.4. The fourth-order valence-corrected chi connectivity index (χ4v) is 6.64. The van der Waals surface area contributed by atoms with E-state index in [0.717, 1.165) is 24.2 Å². The smallest absolute Gasteiger partial charge is 0.266 e. The van der Waals surface area contributed by atoms with Crippen LogP contribution < -0.4 is 0 Å². The molecule has 3 aromatic rings. The quantitative estimate of drug-likeness (QED) is 0.484. The van der Waals surface area contributed by atoms with Crippen molar-refractivity contribution in [2.75, 3.05) is 0 Å². The molecule has 5 rings (SSSR count). The molecule has 29 heavy (non-hydrogen) atoms. The maximum Gasteiger partial charge on any atom is 0.286 e. The fourth-order valence-electron chi connectivity index (χ4n) is 4.35. The van der Waals surface area contributed by atoms with E-state index in [4.69, 9.17) is 5.10 Å². The van der Waals surface area contributed by atoms with Crippen LogP contribution in [0.1, 0.15) is 50.9 Å². The Bertz CT molecular complexity index is 1080. The minimum atomic E-state index is -0.0339. The van der Waals surface area contributed by atoms with Crippen LogP contribution in [-0.4, -0.2) is 21.6 Å².